The van der Waals surface area contributed by atoms with Gasteiger partial charge in [-0.05, 0) is 51.0 Å². The molecule has 6 nitrogen and oxygen atoms in total. The van der Waals surface area contributed by atoms with Crippen LogP contribution in [0.3, 0.4) is 0 Å². The highest BCUT2D eigenvalue weighted by Crippen LogP contribution is 2.30. The molecule has 0 N–H and O–H groups in total. The standard InChI is InChI=1S/C20H24O6S2/c1-15-7-11-17(12-8-15)27(21,22)25-19-5-3-4-6-20(19)26-28(23,24)18-13-9-16(2)10-14-18/h7-14,19-20H,3-6H2,1-2H3/t19-,20-/m1/s1/i3D2,20D. The average Bonchev–Trinajstić information content (AvgIpc) is 2.65. The van der Waals surface area contributed by atoms with Gasteiger partial charge in [0, 0.05) is 2.74 Å². The van der Waals surface area contributed by atoms with Gasteiger partial charge >= 0.3 is 0 Å². The van der Waals surface area contributed by atoms with Crippen LogP contribution in [0.2, 0.25) is 0 Å². The molecule has 0 heterocycles. The van der Waals surface area contributed by atoms with Crippen molar-refractivity contribution in [3.63, 3.8) is 0 Å². The zero-order valence-corrected chi connectivity index (χ0v) is 17.2. The molecular formula is C20H24O6S2. The van der Waals surface area contributed by atoms with Crippen LogP contribution in [0.1, 0.15) is 40.9 Å². The summed E-state index contributed by atoms with van der Waals surface area (Å²) in [4.78, 5) is -0.355. The minimum Gasteiger partial charge on any atom is -0.260 e. The van der Waals surface area contributed by atoms with Crippen molar-refractivity contribution in [2.75, 3.05) is 0 Å². The van der Waals surface area contributed by atoms with Gasteiger partial charge in [0.1, 0.15) is 12.2 Å². The van der Waals surface area contributed by atoms with Crippen LogP contribution in [-0.2, 0) is 28.6 Å². The predicted molar refractivity (Wildman–Crippen MR) is 105 cm³/mol. The Bertz CT molecular complexity index is 1150. The van der Waals surface area contributed by atoms with Gasteiger partial charge in [0.05, 0.1) is 11.2 Å². The highest BCUT2D eigenvalue weighted by Gasteiger charge is 2.35. The van der Waals surface area contributed by atoms with Crippen LogP contribution in [-0.4, -0.2) is 29.0 Å². The second-order valence-corrected chi connectivity index (χ2v) is 9.74. The number of hydrogen-bond donors (Lipinski definition) is 0. The highest BCUT2D eigenvalue weighted by atomic mass is 32.2. The van der Waals surface area contributed by atoms with Crippen LogP contribution in [0.4, 0.5) is 0 Å². The minimum atomic E-state index is -4.42. The van der Waals surface area contributed by atoms with Crippen LogP contribution < -0.4 is 0 Å². The first-order chi connectivity index (χ1) is 14.2. The van der Waals surface area contributed by atoms with Gasteiger partial charge in [0.15, 0.2) is 0 Å². The molecule has 3 rings (SSSR count). The molecule has 1 saturated carbocycles. The molecule has 0 aromatic heterocycles. The van der Waals surface area contributed by atoms with Crippen LogP contribution in [0.25, 0.3) is 0 Å². The molecule has 1 fully saturated rings. The maximum Gasteiger partial charge on any atom is 0.297 e. The third kappa shape index (κ3) is 5.00. The van der Waals surface area contributed by atoms with E-state index in [1.54, 1.807) is 38.1 Å². The van der Waals surface area contributed by atoms with Crippen molar-refractivity contribution in [1.29, 1.82) is 0 Å². The summed E-state index contributed by atoms with van der Waals surface area (Å²) >= 11 is 0. The van der Waals surface area contributed by atoms with E-state index >= 15 is 0 Å². The molecule has 0 spiro atoms. The van der Waals surface area contributed by atoms with Gasteiger partial charge in [-0.2, -0.15) is 16.8 Å². The molecule has 2 atom stereocenters. The first kappa shape index (κ1) is 17.1. The maximum atomic E-state index is 12.8. The molecule has 1 aliphatic rings. The summed E-state index contributed by atoms with van der Waals surface area (Å²) in [5, 5.41) is 0. The molecule has 0 bridgehead atoms. The zero-order valence-electron chi connectivity index (χ0n) is 18.6. The van der Waals surface area contributed by atoms with Crippen LogP contribution in [0.5, 0.6) is 0 Å². The summed E-state index contributed by atoms with van der Waals surface area (Å²) in [6.07, 6.45) is -6.86. The fraction of sp³-hybridized carbons (Fsp3) is 0.400. The molecule has 8 heteroatoms. The second-order valence-electron chi connectivity index (χ2n) is 6.62. The third-order valence-electron chi connectivity index (χ3n) is 4.32. The van der Waals surface area contributed by atoms with Crippen molar-refractivity contribution >= 4 is 20.2 Å². The Morgan fingerprint density at radius 2 is 1.29 bits per heavy atom. The fourth-order valence-corrected chi connectivity index (χ4v) is 4.81. The molecule has 152 valence electrons. The smallest absolute Gasteiger partial charge is 0.260 e. The molecule has 0 saturated heterocycles. The monoisotopic (exact) mass is 427 g/mol. The second kappa shape index (κ2) is 8.32. The molecule has 2 aromatic carbocycles. The molecule has 0 unspecified atom stereocenters. The van der Waals surface area contributed by atoms with Gasteiger partial charge in [-0.15, -0.1) is 0 Å². The van der Waals surface area contributed by atoms with Crippen LogP contribution in [0, 0.1) is 13.8 Å². The van der Waals surface area contributed by atoms with Crippen molar-refractivity contribution < 1.29 is 29.3 Å². The van der Waals surface area contributed by atoms with Crippen molar-refractivity contribution in [2.24, 2.45) is 0 Å². The lowest BCUT2D eigenvalue weighted by atomic mass is 9.95. The minimum absolute atomic E-state index is 0.173. The quantitative estimate of drug-likeness (QED) is 0.653. The van der Waals surface area contributed by atoms with Crippen molar-refractivity contribution in [3.8, 4) is 0 Å². The average molecular weight is 428 g/mol. The topological polar surface area (TPSA) is 86.7 Å². The van der Waals surface area contributed by atoms with Gasteiger partial charge in [0.25, 0.3) is 20.2 Å². The van der Waals surface area contributed by atoms with Gasteiger partial charge in [-0.3, -0.25) is 8.37 Å². The number of rotatable bonds is 6. The molecule has 0 amide bonds. The van der Waals surface area contributed by atoms with E-state index in [4.69, 9.17) is 12.5 Å². The Balaban J connectivity index is 1.93. The molecule has 0 aliphatic heterocycles. The van der Waals surface area contributed by atoms with E-state index in [1.807, 2.05) is 0 Å². The lowest BCUT2D eigenvalue weighted by Crippen LogP contribution is -2.37. The Kier molecular flexibility index (Phi) is 5.10. The van der Waals surface area contributed by atoms with Gasteiger partial charge < -0.3 is 0 Å². The number of hydrogen-bond acceptors (Lipinski definition) is 6. The van der Waals surface area contributed by atoms with Crippen molar-refractivity contribution in [1.82, 2.24) is 0 Å². The lowest BCUT2D eigenvalue weighted by Gasteiger charge is -2.30. The molecular weight excluding hydrogens is 400 g/mol. The summed E-state index contributed by atoms with van der Waals surface area (Å²) in [6.45, 7) is 3.57. The first-order valence-corrected chi connectivity index (χ1v) is 11.6. The third-order valence-corrected chi connectivity index (χ3v) is 6.93. The fourth-order valence-electron chi connectivity index (χ4n) is 2.71. The number of benzene rings is 2. The van der Waals surface area contributed by atoms with Crippen molar-refractivity contribution in [2.45, 2.75) is 61.5 Å². The Hall–Kier alpha value is -1.74. The predicted octanol–water partition coefficient (Wildman–Crippen LogP) is 3.73. The van der Waals surface area contributed by atoms with Crippen LogP contribution in [0.15, 0.2) is 58.3 Å². The molecule has 2 aromatic rings. The van der Waals surface area contributed by atoms with E-state index in [0.29, 0.717) is 0 Å². The van der Waals surface area contributed by atoms with E-state index in [-0.39, 0.29) is 22.6 Å². The van der Waals surface area contributed by atoms with Gasteiger partial charge in [-0.1, -0.05) is 48.2 Å². The summed E-state index contributed by atoms with van der Waals surface area (Å²) in [7, 11) is -8.80. The largest absolute Gasteiger partial charge is 0.297 e. The van der Waals surface area contributed by atoms with Gasteiger partial charge in [0.2, 0.25) is 0 Å². The Morgan fingerprint density at radius 3 is 1.79 bits per heavy atom. The Labute approximate surface area is 171 Å². The summed E-state index contributed by atoms with van der Waals surface area (Å²) in [6, 6.07) is 11.6. The summed E-state index contributed by atoms with van der Waals surface area (Å²) in [5.41, 5.74) is 1.66. The van der Waals surface area contributed by atoms with Gasteiger partial charge in [-0.25, -0.2) is 0 Å². The molecule has 0 radical (unpaired) electrons. The van der Waals surface area contributed by atoms with E-state index in [2.05, 4.69) is 0 Å². The normalized spacial score (nSPS) is 26.8. The lowest BCUT2D eigenvalue weighted by molar-refractivity contribution is 0.0311. The first-order valence-electron chi connectivity index (χ1n) is 10.2. The maximum absolute atomic E-state index is 12.8. The Morgan fingerprint density at radius 1 is 0.821 bits per heavy atom. The molecule has 1 aliphatic carbocycles. The van der Waals surface area contributed by atoms with Crippen LogP contribution >= 0.6 is 0 Å². The molecule has 28 heavy (non-hydrogen) atoms. The summed E-state index contributed by atoms with van der Waals surface area (Å²) in [5.74, 6) is 0. The summed E-state index contributed by atoms with van der Waals surface area (Å²) < 4.78 is 86.0. The van der Waals surface area contributed by atoms with E-state index < -0.39 is 45.2 Å². The van der Waals surface area contributed by atoms with Crippen molar-refractivity contribution in [3.05, 3.63) is 59.7 Å². The number of aryl methyl sites for hydroxylation is 2. The van der Waals surface area contributed by atoms with E-state index in [1.165, 1.54) is 24.3 Å². The zero-order chi connectivity index (χ0) is 23.1. The highest BCUT2D eigenvalue weighted by molar-refractivity contribution is 7.87. The van der Waals surface area contributed by atoms with E-state index in [0.717, 1.165) is 11.1 Å². The van der Waals surface area contributed by atoms with E-state index in [9.17, 15) is 16.8 Å². The SMILES string of the molecule is [2H]C1([2H])CC[C@@]([2H])(OS(=O)(=O)c2ccc(C)cc2)[C@H](OS(=O)(=O)c2ccc(C)cc2)C1.